The Balaban J connectivity index is 2.82. The predicted molar refractivity (Wildman–Crippen MR) is 53.6 cm³/mol. The Labute approximate surface area is 98.5 Å². The van der Waals surface area contributed by atoms with Crippen LogP contribution < -0.4 is 10.1 Å². The van der Waals surface area contributed by atoms with Crippen molar-refractivity contribution in [2.24, 2.45) is 0 Å². The van der Waals surface area contributed by atoms with E-state index in [4.69, 9.17) is 0 Å². The summed E-state index contributed by atoms with van der Waals surface area (Å²) in [5.41, 5.74) is -0.290. The molecule has 0 spiro atoms. The lowest BCUT2D eigenvalue weighted by molar-refractivity contribution is -0.467. The molecule has 6 nitrogen and oxygen atoms in total. The number of hydrogen-bond donors (Lipinski definition) is 1. The highest BCUT2D eigenvalue weighted by Gasteiger charge is 2.32. The Morgan fingerprint density at radius 3 is 2.56 bits per heavy atom. The van der Waals surface area contributed by atoms with Crippen LogP contribution in [0.3, 0.4) is 0 Å². The second-order valence-corrected chi connectivity index (χ2v) is 3.08. The number of nitrogens with zero attached hydrogens (tertiary/aromatic N) is 1. The van der Waals surface area contributed by atoms with Crippen LogP contribution in [0.2, 0.25) is 0 Å². The molecule has 0 atom stereocenters. The highest BCUT2D eigenvalue weighted by Crippen LogP contribution is 2.29. The first-order valence-corrected chi connectivity index (χ1v) is 4.54. The van der Waals surface area contributed by atoms with E-state index >= 15 is 0 Å². The molecule has 0 saturated heterocycles. The van der Waals surface area contributed by atoms with Gasteiger partial charge in [0.15, 0.2) is 5.75 Å². The molecular formula is C9H7F3N2O4. The van der Waals surface area contributed by atoms with Gasteiger partial charge in [0.2, 0.25) is 0 Å². The van der Waals surface area contributed by atoms with Gasteiger partial charge in [-0.1, -0.05) is 12.1 Å². The van der Waals surface area contributed by atoms with Crippen LogP contribution >= 0.6 is 0 Å². The molecule has 0 unspecified atom stereocenters. The Kier molecular flexibility index (Phi) is 4.08. The molecule has 98 valence electrons. The molecule has 0 heterocycles. The standard InChI is InChI=1S/C9H7F3N2O4/c10-9(11,12)18-7-4-2-1-3-6(7)13-8(15)5-14(16)17/h1-4H,5H2,(H,13,15). The summed E-state index contributed by atoms with van der Waals surface area (Å²) in [6.07, 6.45) is -4.91. The average molecular weight is 264 g/mol. The summed E-state index contributed by atoms with van der Waals surface area (Å²) < 4.78 is 39.7. The van der Waals surface area contributed by atoms with Gasteiger partial charge in [-0.25, -0.2) is 0 Å². The number of alkyl halides is 3. The Morgan fingerprint density at radius 1 is 1.39 bits per heavy atom. The summed E-state index contributed by atoms with van der Waals surface area (Å²) >= 11 is 0. The third-order valence-electron chi connectivity index (χ3n) is 1.66. The monoisotopic (exact) mass is 264 g/mol. The molecule has 0 fully saturated rings. The quantitative estimate of drug-likeness (QED) is 0.664. The maximum atomic E-state index is 12.0. The number of benzene rings is 1. The van der Waals surface area contributed by atoms with E-state index in [1.165, 1.54) is 12.1 Å². The fraction of sp³-hybridized carbons (Fsp3) is 0.222. The van der Waals surface area contributed by atoms with Crippen molar-refractivity contribution in [3.05, 3.63) is 34.4 Å². The molecule has 1 rings (SSSR count). The molecule has 0 aliphatic carbocycles. The number of nitro groups is 1. The number of halogens is 3. The van der Waals surface area contributed by atoms with Gasteiger partial charge in [-0.05, 0) is 12.1 Å². The largest absolute Gasteiger partial charge is 0.573 e. The number of nitrogens with one attached hydrogen (secondary N) is 1. The SMILES string of the molecule is O=C(C[N+](=O)[O-])Nc1ccccc1OC(F)(F)F. The molecule has 0 bridgehead atoms. The molecule has 0 aliphatic rings. The normalized spacial score (nSPS) is 10.8. The molecule has 18 heavy (non-hydrogen) atoms. The molecule has 0 aromatic heterocycles. The number of ether oxygens (including phenoxy) is 1. The van der Waals surface area contributed by atoms with Crippen LogP contribution in [0.5, 0.6) is 5.75 Å². The van der Waals surface area contributed by atoms with E-state index in [9.17, 15) is 28.1 Å². The smallest absolute Gasteiger partial charge is 0.404 e. The molecule has 1 aromatic carbocycles. The number of anilines is 1. The lowest BCUT2D eigenvalue weighted by Crippen LogP contribution is -2.23. The second kappa shape index (κ2) is 5.34. The maximum absolute atomic E-state index is 12.0. The summed E-state index contributed by atoms with van der Waals surface area (Å²) in [4.78, 5) is 20.2. The zero-order chi connectivity index (χ0) is 13.8. The van der Waals surface area contributed by atoms with E-state index in [2.05, 4.69) is 4.74 Å². The lowest BCUT2D eigenvalue weighted by Gasteiger charge is -2.12. The molecule has 1 amide bonds. The van der Waals surface area contributed by atoms with Crippen LogP contribution in [0.4, 0.5) is 18.9 Å². The fourth-order valence-electron chi connectivity index (χ4n) is 1.09. The van der Waals surface area contributed by atoms with Crippen molar-refractivity contribution >= 4 is 11.6 Å². The van der Waals surface area contributed by atoms with Crippen molar-refractivity contribution in [1.29, 1.82) is 0 Å². The second-order valence-electron chi connectivity index (χ2n) is 3.08. The van der Waals surface area contributed by atoms with Crippen LogP contribution in [0, 0.1) is 10.1 Å². The number of para-hydroxylation sites is 2. The van der Waals surface area contributed by atoms with E-state index in [0.717, 1.165) is 12.1 Å². The van der Waals surface area contributed by atoms with E-state index in [-0.39, 0.29) is 5.69 Å². The third-order valence-corrected chi connectivity index (χ3v) is 1.66. The van der Waals surface area contributed by atoms with E-state index < -0.39 is 29.5 Å². The van der Waals surface area contributed by atoms with Gasteiger partial charge in [0, 0.05) is 4.92 Å². The minimum absolute atomic E-state index is 0.290. The van der Waals surface area contributed by atoms with Crippen molar-refractivity contribution in [1.82, 2.24) is 0 Å². The van der Waals surface area contributed by atoms with Crippen LogP contribution in [0.1, 0.15) is 0 Å². The number of carbonyl (C=O) groups excluding carboxylic acids is 1. The van der Waals surface area contributed by atoms with Crippen molar-refractivity contribution in [2.45, 2.75) is 6.36 Å². The molecule has 1 N–H and O–H groups in total. The predicted octanol–water partition coefficient (Wildman–Crippen LogP) is 1.80. The highest BCUT2D eigenvalue weighted by atomic mass is 19.4. The van der Waals surface area contributed by atoms with Gasteiger partial charge in [0.1, 0.15) is 0 Å². The average Bonchev–Trinajstić information content (AvgIpc) is 2.17. The zero-order valence-electron chi connectivity index (χ0n) is 8.73. The molecule has 0 aliphatic heterocycles. The molecule has 9 heteroatoms. The number of carbonyl (C=O) groups is 1. The van der Waals surface area contributed by atoms with Gasteiger partial charge >= 0.3 is 6.36 Å². The molecule has 0 saturated carbocycles. The van der Waals surface area contributed by atoms with Crippen molar-refractivity contribution in [3.63, 3.8) is 0 Å². The van der Waals surface area contributed by atoms with Crippen LogP contribution in [0.15, 0.2) is 24.3 Å². The summed E-state index contributed by atoms with van der Waals surface area (Å²) in [5, 5.41) is 12.0. The number of amides is 1. The Bertz CT molecular complexity index is 461. The van der Waals surface area contributed by atoms with Crippen molar-refractivity contribution < 1.29 is 27.6 Å². The maximum Gasteiger partial charge on any atom is 0.573 e. The van der Waals surface area contributed by atoms with Gasteiger partial charge in [0.05, 0.1) is 5.69 Å². The molecule has 0 radical (unpaired) electrons. The summed E-state index contributed by atoms with van der Waals surface area (Å²) in [7, 11) is 0. The third kappa shape index (κ3) is 4.68. The summed E-state index contributed by atoms with van der Waals surface area (Å²) in [5.74, 6) is -1.68. The van der Waals surface area contributed by atoms with Crippen molar-refractivity contribution in [3.8, 4) is 5.75 Å². The van der Waals surface area contributed by atoms with Crippen LogP contribution in [-0.2, 0) is 4.79 Å². The van der Waals surface area contributed by atoms with E-state index in [1.807, 2.05) is 5.32 Å². The van der Waals surface area contributed by atoms with Crippen molar-refractivity contribution in [2.75, 3.05) is 11.9 Å². The van der Waals surface area contributed by atoms with Gasteiger partial charge < -0.3 is 10.1 Å². The van der Waals surface area contributed by atoms with Gasteiger partial charge in [-0.3, -0.25) is 14.9 Å². The minimum Gasteiger partial charge on any atom is -0.404 e. The van der Waals surface area contributed by atoms with E-state index in [0.29, 0.717) is 0 Å². The first kappa shape index (κ1) is 13.7. The van der Waals surface area contributed by atoms with Gasteiger partial charge in [-0.15, -0.1) is 13.2 Å². The number of rotatable bonds is 4. The number of hydrogen-bond acceptors (Lipinski definition) is 4. The first-order chi connectivity index (χ1) is 8.28. The van der Waals surface area contributed by atoms with E-state index in [1.54, 1.807) is 0 Å². The summed E-state index contributed by atoms with van der Waals surface area (Å²) in [6.45, 7) is -1.04. The Hall–Kier alpha value is -2.32. The highest BCUT2D eigenvalue weighted by molar-refractivity contribution is 5.92. The van der Waals surface area contributed by atoms with Gasteiger partial charge in [0.25, 0.3) is 12.5 Å². The molecule has 1 aromatic rings. The van der Waals surface area contributed by atoms with Crippen LogP contribution in [0.25, 0.3) is 0 Å². The van der Waals surface area contributed by atoms with Crippen LogP contribution in [-0.4, -0.2) is 23.7 Å². The first-order valence-electron chi connectivity index (χ1n) is 4.54. The fourth-order valence-corrected chi connectivity index (χ4v) is 1.09. The molecular weight excluding hydrogens is 257 g/mol. The Morgan fingerprint density at radius 2 is 2.00 bits per heavy atom. The summed E-state index contributed by atoms with van der Waals surface area (Å²) in [6, 6.07) is 4.74. The zero-order valence-corrected chi connectivity index (χ0v) is 8.73. The topological polar surface area (TPSA) is 81.5 Å². The minimum atomic E-state index is -4.91. The van der Waals surface area contributed by atoms with Gasteiger partial charge in [-0.2, -0.15) is 0 Å². The lowest BCUT2D eigenvalue weighted by atomic mass is 10.3.